The Kier molecular flexibility index (Phi) is 6.39. The van der Waals surface area contributed by atoms with Crippen LogP contribution in [0.2, 0.25) is 0 Å². The number of phenolic OH excluding ortho intramolecular Hbond substituents is 1. The topological polar surface area (TPSA) is 94.9 Å². The lowest BCUT2D eigenvalue weighted by atomic mass is 10.1. The van der Waals surface area contributed by atoms with E-state index in [0.29, 0.717) is 31.1 Å². The third-order valence-electron chi connectivity index (χ3n) is 5.37. The minimum atomic E-state index is -0.578. The molecule has 3 aromatic rings. The lowest BCUT2D eigenvalue weighted by Gasteiger charge is -2.23. The summed E-state index contributed by atoms with van der Waals surface area (Å²) in [6, 6.07) is 14.1. The van der Waals surface area contributed by atoms with Gasteiger partial charge in [0.15, 0.2) is 5.13 Å². The number of aromatic nitrogens is 1. The standard InChI is InChI=1S/C23H25N3O4S/c1-30-21-5-3-2-4-16(21)10-11-24-22(29)20-12-18(28)13-26(20)23-25-19(14-31-23)15-6-8-17(27)9-7-15/h2-9,14,18,20,27-28H,10-13H2,1H3,(H,24,29)/t18?,20-/m0/s1. The minimum Gasteiger partial charge on any atom is -0.508 e. The Bertz CT molecular complexity index is 1040. The van der Waals surface area contributed by atoms with Crippen LogP contribution in [0.3, 0.4) is 0 Å². The summed E-state index contributed by atoms with van der Waals surface area (Å²) in [5.74, 6) is 0.888. The molecule has 1 aromatic heterocycles. The van der Waals surface area contributed by atoms with Crippen LogP contribution in [0.15, 0.2) is 53.9 Å². The van der Waals surface area contributed by atoms with Crippen LogP contribution in [0.1, 0.15) is 12.0 Å². The number of carbonyl (C=O) groups is 1. The number of aliphatic hydroxyl groups excluding tert-OH is 1. The SMILES string of the molecule is COc1ccccc1CCNC(=O)[C@@H]1CC(O)CN1c1nc(-c2ccc(O)cc2)cs1. The van der Waals surface area contributed by atoms with Gasteiger partial charge in [-0.05, 0) is 42.3 Å². The maximum Gasteiger partial charge on any atom is 0.242 e. The highest BCUT2D eigenvalue weighted by molar-refractivity contribution is 7.14. The molecule has 2 aromatic carbocycles. The van der Waals surface area contributed by atoms with E-state index in [1.807, 2.05) is 34.5 Å². The lowest BCUT2D eigenvalue weighted by Crippen LogP contribution is -2.44. The van der Waals surface area contributed by atoms with Crippen molar-refractivity contribution in [1.29, 1.82) is 0 Å². The minimum absolute atomic E-state index is 0.118. The number of benzene rings is 2. The molecule has 1 unspecified atom stereocenters. The summed E-state index contributed by atoms with van der Waals surface area (Å²) in [7, 11) is 1.63. The highest BCUT2D eigenvalue weighted by Gasteiger charge is 2.37. The second-order valence-electron chi connectivity index (χ2n) is 7.47. The lowest BCUT2D eigenvalue weighted by molar-refractivity contribution is -0.122. The summed E-state index contributed by atoms with van der Waals surface area (Å²) in [4.78, 5) is 19.4. The summed E-state index contributed by atoms with van der Waals surface area (Å²) in [6.45, 7) is 0.851. The number of phenols is 1. The highest BCUT2D eigenvalue weighted by Crippen LogP contribution is 2.32. The Labute approximate surface area is 184 Å². The molecule has 0 radical (unpaired) electrons. The van der Waals surface area contributed by atoms with Crippen molar-refractivity contribution < 1.29 is 19.7 Å². The van der Waals surface area contributed by atoms with Crippen molar-refractivity contribution in [3.8, 4) is 22.8 Å². The maximum absolute atomic E-state index is 12.9. The predicted molar refractivity (Wildman–Crippen MR) is 121 cm³/mol. The second-order valence-corrected chi connectivity index (χ2v) is 8.31. The van der Waals surface area contributed by atoms with Crippen molar-refractivity contribution in [3.05, 3.63) is 59.5 Å². The van der Waals surface area contributed by atoms with Crippen molar-refractivity contribution in [1.82, 2.24) is 10.3 Å². The van der Waals surface area contributed by atoms with E-state index in [0.717, 1.165) is 22.6 Å². The number of aromatic hydroxyl groups is 1. The maximum atomic E-state index is 12.9. The second kappa shape index (κ2) is 9.36. The summed E-state index contributed by atoms with van der Waals surface area (Å²) >= 11 is 1.44. The van der Waals surface area contributed by atoms with Crippen LogP contribution in [0.5, 0.6) is 11.5 Å². The number of hydrogen-bond donors (Lipinski definition) is 3. The number of aliphatic hydroxyl groups is 1. The molecule has 0 aliphatic carbocycles. The van der Waals surface area contributed by atoms with Gasteiger partial charge in [-0.3, -0.25) is 4.79 Å². The van der Waals surface area contributed by atoms with Gasteiger partial charge in [-0.1, -0.05) is 18.2 Å². The average molecular weight is 440 g/mol. The molecule has 8 heteroatoms. The first-order chi connectivity index (χ1) is 15.0. The van der Waals surface area contributed by atoms with E-state index in [9.17, 15) is 15.0 Å². The first kappa shape index (κ1) is 21.1. The Morgan fingerprint density at radius 3 is 2.81 bits per heavy atom. The number of β-amino-alcohol motifs (C(OH)–C–C–N with tert-alkyl or cyclic N) is 1. The third kappa shape index (κ3) is 4.81. The highest BCUT2D eigenvalue weighted by atomic mass is 32.1. The van der Waals surface area contributed by atoms with Gasteiger partial charge in [-0.2, -0.15) is 0 Å². The summed E-state index contributed by atoms with van der Waals surface area (Å²) in [5, 5.41) is 25.3. The smallest absolute Gasteiger partial charge is 0.242 e. The van der Waals surface area contributed by atoms with Gasteiger partial charge in [0, 0.05) is 30.5 Å². The number of anilines is 1. The fourth-order valence-electron chi connectivity index (χ4n) is 3.78. The van der Waals surface area contributed by atoms with Crippen LogP contribution in [0.4, 0.5) is 5.13 Å². The molecule has 0 bridgehead atoms. The molecule has 1 aliphatic heterocycles. The molecule has 0 saturated carbocycles. The number of carbonyl (C=O) groups excluding carboxylic acids is 1. The van der Waals surface area contributed by atoms with Crippen LogP contribution in [-0.2, 0) is 11.2 Å². The number of methoxy groups -OCH3 is 1. The van der Waals surface area contributed by atoms with Crippen molar-refractivity contribution in [2.24, 2.45) is 0 Å². The summed E-state index contributed by atoms with van der Waals surface area (Å²) in [5.41, 5.74) is 2.70. The van der Waals surface area contributed by atoms with Crippen molar-refractivity contribution >= 4 is 22.4 Å². The largest absolute Gasteiger partial charge is 0.508 e. The Morgan fingerprint density at radius 2 is 2.03 bits per heavy atom. The quantitative estimate of drug-likeness (QED) is 0.524. The van der Waals surface area contributed by atoms with E-state index in [1.165, 1.54) is 11.3 Å². The number of hydrogen-bond acceptors (Lipinski definition) is 7. The van der Waals surface area contributed by atoms with E-state index in [4.69, 9.17) is 4.74 Å². The molecule has 162 valence electrons. The van der Waals surface area contributed by atoms with E-state index < -0.39 is 12.1 Å². The monoisotopic (exact) mass is 439 g/mol. The predicted octanol–water partition coefficient (Wildman–Crippen LogP) is 2.82. The molecular formula is C23H25N3O4S. The number of thiazole rings is 1. The molecule has 3 N–H and O–H groups in total. The van der Waals surface area contributed by atoms with Crippen LogP contribution in [0, 0.1) is 0 Å². The van der Waals surface area contributed by atoms with Gasteiger partial charge < -0.3 is 25.2 Å². The van der Waals surface area contributed by atoms with E-state index >= 15 is 0 Å². The number of nitrogens with one attached hydrogen (secondary N) is 1. The Morgan fingerprint density at radius 1 is 1.26 bits per heavy atom. The molecule has 2 heterocycles. The molecule has 4 rings (SSSR count). The number of rotatable bonds is 7. The number of ether oxygens (including phenoxy) is 1. The van der Waals surface area contributed by atoms with Crippen molar-refractivity contribution in [3.63, 3.8) is 0 Å². The van der Waals surface area contributed by atoms with E-state index in [-0.39, 0.29) is 11.7 Å². The van der Waals surface area contributed by atoms with Gasteiger partial charge in [0.05, 0.1) is 18.9 Å². The molecule has 0 spiro atoms. The normalized spacial score (nSPS) is 18.2. The molecule has 1 saturated heterocycles. The molecule has 1 fully saturated rings. The van der Waals surface area contributed by atoms with Crippen molar-refractivity contribution in [2.75, 3.05) is 25.1 Å². The Hall–Kier alpha value is -3.10. The molecule has 1 aliphatic rings. The zero-order valence-corrected chi connectivity index (χ0v) is 18.0. The first-order valence-electron chi connectivity index (χ1n) is 10.1. The van der Waals surface area contributed by atoms with Crippen LogP contribution in [0.25, 0.3) is 11.3 Å². The fraction of sp³-hybridized carbons (Fsp3) is 0.304. The Balaban J connectivity index is 1.42. The summed E-state index contributed by atoms with van der Waals surface area (Å²) < 4.78 is 5.36. The van der Waals surface area contributed by atoms with Gasteiger partial charge in [-0.15, -0.1) is 11.3 Å². The van der Waals surface area contributed by atoms with Crippen molar-refractivity contribution in [2.45, 2.75) is 25.0 Å². The van der Waals surface area contributed by atoms with Gasteiger partial charge in [0.2, 0.25) is 5.91 Å². The molecule has 7 nitrogen and oxygen atoms in total. The van der Waals surface area contributed by atoms with E-state index in [1.54, 1.807) is 31.4 Å². The molecular weight excluding hydrogens is 414 g/mol. The first-order valence-corrected chi connectivity index (χ1v) is 11.0. The number of amides is 1. The molecule has 1 amide bonds. The van der Waals surface area contributed by atoms with Crippen LogP contribution < -0.4 is 15.0 Å². The summed E-state index contributed by atoms with van der Waals surface area (Å²) in [6.07, 6.45) is 0.452. The zero-order chi connectivity index (χ0) is 21.8. The molecule has 31 heavy (non-hydrogen) atoms. The van der Waals surface area contributed by atoms with Crippen LogP contribution >= 0.6 is 11.3 Å². The third-order valence-corrected chi connectivity index (χ3v) is 6.25. The van der Waals surface area contributed by atoms with Gasteiger partial charge in [0.1, 0.15) is 17.5 Å². The van der Waals surface area contributed by atoms with Crippen LogP contribution in [-0.4, -0.2) is 53.4 Å². The zero-order valence-electron chi connectivity index (χ0n) is 17.2. The number of para-hydroxylation sites is 1. The average Bonchev–Trinajstić information content (AvgIpc) is 3.41. The molecule has 2 atom stereocenters. The van der Waals surface area contributed by atoms with E-state index in [2.05, 4.69) is 10.3 Å². The number of nitrogens with zero attached hydrogens (tertiary/aromatic N) is 2. The fourth-order valence-corrected chi connectivity index (χ4v) is 4.68. The van der Waals surface area contributed by atoms with Gasteiger partial charge in [0.25, 0.3) is 0 Å². The van der Waals surface area contributed by atoms with Gasteiger partial charge >= 0.3 is 0 Å². The van der Waals surface area contributed by atoms with Gasteiger partial charge in [-0.25, -0.2) is 4.98 Å².